The molecular weight excluding hydrogens is 438 g/mol. The summed E-state index contributed by atoms with van der Waals surface area (Å²) in [5, 5.41) is 6.97. The van der Waals surface area contributed by atoms with E-state index >= 15 is 0 Å². The average Bonchev–Trinajstić information content (AvgIpc) is 2.82. The number of anilines is 1. The van der Waals surface area contributed by atoms with E-state index in [9.17, 15) is 19.2 Å². The van der Waals surface area contributed by atoms with Crippen molar-refractivity contribution < 1.29 is 19.1 Å². The van der Waals surface area contributed by atoms with E-state index in [4.69, 9.17) is 4.74 Å². The van der Waals surface area contributed by atoms with E-state index in [-0.39, 0.29) is 29.6 Å². The van der Waals surface area contributed by atoms with Crippen molar-refractivity contribution in [2.24, 2.45) is 0 Å². The number of nitrogens with one attached hydrogen (secondary N) is 1. The Morgan fingerprint density at radius 3 is 2.35 bits per heavy atom. The molecule has 2 heterocycles. The van der Waals surface area contributed by atoms with Gasteiger partial charge in [-0.25, -0.2) is 9.48 Å². The van der Waals surface area contributed by atoms with Crippen molar-refractivity contribution >= 4 is 23.5 Å². The minimum absolute atomic E-state index is 0.0134. The zero-order valence-electron chi connectivity index (χ0n) is 19.9. The molecule has 1 aromatic heterocycles. The van der Waals surface area contributed by atoms with E-state index in [1.54, 1.807) is 4.90 Å². The maximum atomic E-state index is 12.5. The van der Waals surface area contributed by atoms with Crippen molar-refractivity contribution in [1.82, 2.24) is 19.6 Å². The molecule has 10 nitrogen and oxygen atoms in total. The Morgan fingerprint density at radius 2 is 1.71 bits per heavy atom. The van der Waals surface area contributed by atoms with Crippen LogP contribution in [0.25, 0.3) is 0 Å². The number of aromatic nitrogens is 2. The third-order valence-corrected chi connectivity index (χ3v) is 5.68. The number of carbonyl (C=O) groups excluding carboxylic acids is 3. The second-order valence-electron chi connectivity index (χ2n) is 8.33. The highest BCUT2D eigenvalue weighted by molar-refractivity contribution is 5.93. The molecule has 1 aliphatic rings. The van der Waals surface area contributed by atoms with Crippen LogP contribution in [0.4, 0.5) is 5.69 Å². The van der Waals surface area contributed by atoms with Crippen LogP contribution in [-0.2, 0) is 20.9 Å². The van der Waals surface area contributed by atoms with E-state index < -0.39 is 12.6 Å². The molecule has 3 rings (SSSR count). The van der Waals surface area contributed by atoms with Gasteiger partial charge in [-0.2, -0.15) is 5.10 Å². The van der Waals surface area contributed by atoms with Gasteiger partial charge in [0.05, 0.1) is 6.54 Å². The van der Waals surface area contributed by atoms with Gasteiger partial charge in [-0.15, -0.1) is 0 Å². The summed E-state index contributed by atoms with van der Waals surface area (Å²) in [6.07, 6.45) is 0.697. The molecule has 1 aromatic carbocycles. The number of para-hydroxylation sites is 1. The molecule has 0 unspecified atom stereocenters. The Bertz CT molecular complexity index is 1080. The van der Waals surface area contributed by atoms with Crippen molar-refractivity contribution in [3.63, 3.8) is 0 Å². The molecule has 2 aromatic rings. The number of hydrogen-bond donors (Lipinski definition) is 1. The molecule has 1 aliphatic heterocycles. The van der Waals surface area contributed by atoms with Crippen LogP contribution < -0.4 is 10.9 Å². The number of esters is 1. The fourth-order valence-electron chi connectivity index (χ4n) is 3.77. The van der Waals surface area contributed by atoms with Crippen molar-refractivity contribution in [3.8, 4) is 0 Å². The molecule has 1 fully saturated rings. The van der Waals surface area contributed by atoms with Crippen LogP contribution in [-0.4, -0.2) is 76.7 Å². The van der Waals surface area contributed by atoms with Gasteiger partial charge in [0, 0.05) is 44.5 Å². The van der Waals surface area contributed by atoms with E-state index in [0.717, 1.165) is 16.8 Å². The second kappa shape index (κ2) is 11.6. The van der Waals surface area contributed by atoms with Crippen molar-refractivity contribution in [2.75, 3.05) is 44.6 Å². The van der Waals surface area contributed by atoms with Gasteiger partial charge >= 0.3 is 5.97 Å². The minimum Gasteiger partial charge on any atom is -0.451 e. The summed E-state index contributed by atoms with van der Waals surface area (Å²) in [4.78, 5) is 52.5. The van der Waals surface area contributed by atoms with Crippen LogP contribution in [0, 0.1) is 13.8 Å². The van der Waals surface area contributed by atoms with Crippen LogP contribution >= 0.6 is 0 Å². The zero-order chi connectivity index (χ0) is 24.7. The van der Waals surface area contributed by atoms with Gasteiger partial charge in [-0.1, -0.05) is 25.1 Å². The van der Waals surface area contributed by atoms with Crippen molar-refractivity contribution in [1.29, 1.82) is 0 Å². The van der Waals surface area contributed by atoms with Gasteiger partial charge in [-0.05, 0) is 37.5 Å². The summed E-state index contributed by atoms with van der Waals surface area (Å²) in [7, 11) is 0. The topological polar surface area (TPSA) is 114 Å². The highest BCUT2D eigenvalue weighted by Gasteiger charge is 2.24. The molecule has 0 bridgehead atoms. The van der Waals surface area contributed by atoms with Gasteiger partial charge in [0.25, 0.3) is 11.5 Å². The summed E-state index contributed by atoms with van der Waals surface area (Å²) in [5.41, 5.74) is 2.55. The highest BCUT2D eigenvalue weighted by Crippen LogP contribution is 2.19. The molecule has 0 saturated carbocycles. The van der Waals surface area contributed by atoms with Gasteiger partial charge in [-0.3, -0.25) is 19.3 Å². The Hall–Kier alpha value is -3.53. The Balaban J connectivity index is 1.44. The quantitative estimate of drug-likeness (QED) is 0.578. The van der Waals surface area contributed by atoms with E-state index in [0.29, 0.717) is 39.1 Å². The Labute approximate surface area is 198 Å². The molecule has 182 valence electrons. The standard InChI is InChI=1S/C24H31N5O5/c1-4-10-29-21(31)9-8-19(26-29)24(33)34-16-22(32)28-13-11-27(12-14-28)15-20(30)25-23-17(2)6-5-7-18(23)3/h5-9H,4,10-16H2,1-3H3,(H,25,30). The zero-order valence-corrected chi connectivity index (χ0v) is 19.9. The third kappa shape index (κ3) is 6.50. The summed E-state index contributed by atoms with van der Waals surface area (Å²) >= 11 is 0. The van der Waals surface area contributed by atoms with Crippen LogP contribution in [0.1, 0.15) is 35.0 Å². The summed E-state index contributed by atoms with van der Waals surface area (Å²) in [6, 6.07) is 8.42. The molecule has 10 heteroatoms. The predicted octanol–water partition coefficient (Wildman–Crippen LogP) is 1.21. The van der Waals surface area contributed by atoms with Gasteiger partial charge < -0.3 is 15.0 Å². The minimum atomic E-state index is -0.750. The van der Waals surface area contributed by atoms with Crippen molar-refractivity contribution in [2.45, 2.75) is 33.7 Å². The number of nitrogens with zero attached hydrogens (tertiary/aromatic N) is 4. The van der Waals surface area contributed by atoms with E-state index in [1.165, 1.54) is 16.8 Å². The first-order chi connectivity index (χ1) is 16.3. The summed E-state index contributed by atoms with van der Waals surface area (Å²) in [6.45, 7) is 8.01. The summed E-state index contributed by atoms with van der Waals surface area (Å²) in [5.74, 6) is -1.15. The monoisotopic (exact) mass is 469 g/mol. The molecule has 0 radical (unpaired) electrons. The lowest BCUT2D eigenvalue weighted by Crippen LogP contribution is -2.51. The number of benzene rings is 1. The van der Waals surface area contributed by atoms with Gasteiger partial charge in [0.1, 0.15) is 0 Å². The van der Waals surface area contributed by atoms with E-state index in [1.807, 2.05) is 43.9 Å². The lowest BCUT2D eigenvalue weighted by Gasteiger charge is -2.34. The van der Waals surface area contributed by atoms with Crippen LogP contribution in [0.15, 0.2) is 35.1 Å². The second-order valence-corrected chi connectivity index (χ2v) is 8.33. The lowest BCUT2D eigenvalue weighted by atomic mass is 10.1. The molecule has 0 aliphatic carbocycles. The number of amides is 2. The SMILES string of the molecule is CCCn1nc(C(=O)OCC(=O)N2CCN(CC(=O)Nc3c(C)cccc3C)CC2)ccc1=O. The first-order valence-corrected chi connectivity index (χ1v) is 11.4. The third-order valence-electron chi connectivity index (χ3n) is 5.68. The van der Waals surface area contributed by atoms with Gasteiger partial charge in [0.15, 0.2) is 12.3 Å². The number of rotatable bonds is 8. The predicted molar refractivity (Wildman–Crippen MR) is 127 cm³/mol. The largest absolute Gasteiger partial charge is 0.451 e. The Morgan fingerprint density at radius 1 is 1.03 bits per heavy atom. The van der Waals surface area contributed by atoms with Crippen molar-refractivity contribution in [3.05, 3.63) is 57.5 Å². The van der Waals surface area contributed by atoms with Crippen LogP contribution in [0.2, 0.25) is 0 Å². The fraction of sp³-hybridized carbons (Fsp3) is 0.458. The smallest absolute Gasteiger partial charge is 0.359 e. The molecule has 1 N–H and O–H groups in total. The van der Waals surface area contributed by atoms with Gasteiger partial charge in [0.2, 0.25) is 5.91 Å². The molecule has 0 atom stereocenters. The average molecular weight is 470 g/mol. The van der Waals surface area contributed by atoms with Crippen LogP contribution in [0.3, 0.4) is 0 Å². The molecule has 0 spiro atoms. The summed E-state index contributed by atoms with van der Waals surface area (Å²) < 4.78 is 6.31. The van der Waals surface area contributed by atoms with E-state index in [2.05, 4.69) is 10.4 Å². The van der Waals surface area contributed by atoms with Crippen LogP contribution in [0.5, 0.6) is 0 Å². The number of aryl methyl sites for hydroxylation is 3. The normalized spacial score (nSPS) is 14.0. The molecule has 34 heavy (non-hydrogen) atoms. The first kappa shape index (κ1) is 25.1. The Kier molecular flexibility index (Phi) is 8.53. The fourth-order valence-corrected chi connectivity index (χ4v) is 3.77. The maximum Gasteiger partial charge on any atom is 0.359 e. The maximum absolute atomic E-state index is 12.5. The molecule has 2 amide bonds. The molecular formula is C24H31N5O5. The number of hydrogen-bond acceptors (Lipinski definition) is 7. The number of carbonyl (C=O) groups is 3. The highest BCUT2D eigenvalue weighted by atomic mass is 16.5. The number of piperazine rings is 1. The first-order valence-electron chi connectivity index (χ1n) is 11.4. The number of ether oxygens (including phenoxy) is 1. The molecule has 1 saturated heterocycles. The lowest BCUT2D eigenvalue weighted by molar-refractivity contribution is -0.136.